The molecule has 1 aromatic rings. The van der Waals surface area contributed by atoms with Crippen LogP contribution in [0.4, 0.5) is 0 Å². The monoisotopic (exact) mass is 222 g/mol. The van der Waals surface area contributed by atoms with Crippen molar-refractivity contribution in [2.24, 2.45) is 11.8 Å². The summed E-state index contributed by atoms with van der Waals surface area (Å²) in [7, 11) is 0. The molecule has 0 aliphatic heterocycles. The Balaban J connectivity index is 1.92. The van der Waals surface area contributed by atoms with Crippen molar-refractivity contribution in [3.63, 3.8) is 0 Å². The topological polar surface area (TPSA) is 70.7 Å². The minimum Gasteiger partial charge on any atom is -0.347 e. The summed E-state index contributed by atoms with van der Waals surface area (Å²) in [5.74, 6) is 1.52. The van der Waals surface area contributed by atoms with Gasteiger partial charge in [-0.3, -0.25) is 9.89 Å². The molecule has 1 amide bonds. The number of carbonyl (C=O) groups is 1. The van der Waals surface area contributed by atoms with Crippen LogP contribution in [0.15, 0.2) is 6.33 Å². The lowest BCUT2D eigenvalue weighted by Crippen LogP contribution is -2.40. The van der Waals surface area contributed by atoms with Crippen LogP contribution in [-0.4, -0.2) is 27.1 Å². The molecule has 1 aromatic heterocycles. The molecular formula is C11H18N4O. The minimum atomic E-state index is -0.149. The Morgan fingerprint density at radius 2 is 2.06 bits per heavy atom. The van der Waals surface area contributed by atoms with Gasteiger partial charge in [0, 0.05) is 6.04 Å². The van der Waals surface area contributed by atoms with E-state index in [1.807, 2.05) is 0 Å². The number of H-pyrrole nitrogens is 1. The highest BCUT2D eigenvalue weighted by molar-refractivity contribution is 5.90. The highest BCUT2D eigenvalue weighted by Crippen LogP contribution is 2.28. The van der Waals surface area contributed by atoms with E-state index < -0.39 is 0 Å². The molecule has 0 saturated heterocycles. The number of nitrogens with zero attached hydrogens (tertiary/aromatic N) is 2. The van der Waals surface area contributed by atoms with Crippen molar-refractivity contribution in [2.45, 2.75) is 39.2 Å². The average molecular weight is 222 g/mol. The van der Waals surface area contributed by atoms with Gasteiger partial charge in [0.15, 0.2) is 0 Å². The van der Waals surface area contributed by atoms with Crippen LogP contribution in [0.1, 0.15) is 43.7 Å². The van der Waals surface area contributed by atoms with Gasteiger partial charge in [0.1, 0.15) is 6.33 Å². The van der Waals surface area contributed by atoms with Crippen molar-refractivity contribution in [1.82, 2.24) is 20.5 Å². The second-order valence-corrected chi connectivity index (χ2v) is 4.92. The van der Waals surface area contributed by atoms with Crippen LogP contribution >= 0.6 is 0 Å². The zero-order chi connectivity index (χ0) is 11.5. The van der Waals surface area contributed by atoms with Crippen LogP contribution in [0, 0.1) is 11.8 Å². The molecule has 0 spiro atoms. The van der Waals surface area contributed by atoms with Crippen LogP contribution in [0.2, 0.25) is 0 Å². The lowest BCUT2D eigenvalue weighted by atomic mass is 9.80. The van der Waals surface area contributed by atoms with E-state index in [0.717, 1.165) is 12.8 Å². The van der Waals surface area contributed by atoms with Crippen molar-refractivity contribution in [2.75, 3.05) is 0 Å². The normalized spacial score (nSPS) is 30.0. The lowest BCUT2D eigenvalue weighted by Gasteiger charge is -2.31. The van der Waals surface area contributed by atoms with Crippen LogP contribution < -0.4 is 5.32 Å². The third-order valence-electron chi connectivity index (χ3n) is 3.14. The van der Waals surface area contributed by atoms with Crippen LogP contribution in [-0.2, 0) is 0 Å². The van der Waals surface area contributed by atoms with Crippen LogP contribution in [0.3, 0.4) is 0 Å². The van der Waals surface area contributed by atoms with E-state index in [9.17, 15) is 4.79 Å². The number of nitrogens with one attached hydrogen (secondary N) is 2. The number of aromatic amines is 1. The Labute approximate surface area is 95.0 Å². The Morgan fingerprint density at radius 1 is 1.38 bits per heavy atom. The number of hydrogen-bond donors (Lipinski definition) is 2. The van der Waals surface area contributed by atoms with Gasteiger partial charge in [0.05, 0.1) is 0 Å². The summed E-state index contributed by atoms with van der Waals surface area (Å²) >= 11 is 0. The smallest absolute Gasteiger partial charge is 0.288 e. The molecule has 2 unspecified atom stereocenters. The molecule has 1 fully saturated rings. The third kappa shape index (κ3) is 2.59. The van der Waals surface area contributed by atoms with Gasteiger partial charge in [-0.1, -0.05) is 13.8 Å². The fourth-order valence-electron chi connectivity index (χ4n) is 2.63. The molecule has 1 saturated carbocycles. The molecule has 1 heterocycles. The first kappa shape index (κ1) is 11.1. The van der Waals surface area contributed by atoms with Gasteiger partial charge in [-0.05, 0) is 31.1 Å². The molecule has 5 nitrogen and oxygen atoms in total. The largest absolute Gasteiger partial charge is 0.347 e. The van der Waals surface area contributed by atoms with Gasteiger partial charge in [0.25, 0.3) is 5.91 Å². The molecule has 2 N–H and O–H groups in total. The molecule has 1 aliphatic carbocycles. The van der Waals surface area contributed by atoms with E-state index in [1.54, 1.807) is 0 Å². The summed E-state index contributed by atoms with van der Waals surface area (Å²) in [5.41, 5.74) is 0. The SMILES string of the molecule is CC1CC(C)CC(NC(=O)c2ncn[nH]2)C1. The summed E-state index contributed by atoms with van der Waals surface area (Å²) in [6.07, 6.45) is 4.73. The Morgan fingerprint density at radius 3 is 2.62 bits per heavy atom. The molecule has 88 valence electrons. The molecular weight excluding hydrogens is 204 g/mol. The molecule has 16 heavy (non-hydrogen) atoms. The van der Waals surface area contributed by atoms with E-state index in [1.165, 1.54) is 12.7 Å². The van der Waals surface area contributed by atoms with Crippen LogP contribution in [0.5, 0.6) is 0 Å². The van der Waals surface area contributed by atoms with Gasteiger partial charge in [0.2, 0.25) is 5.82 Å². The number of aromatic nitrogens is 3. The van der Waals surface area contributed by atoms with Gasteiger partial charge in [-0.25, -0.2) is 4.98 Å². The number of rotatable bonds is 2. The van der Waals surface area contributed by atoms with Gasteiger partial charge in [-0.15, -0.1) is 0 Å². The minimum absolute atomic E-state index is 0.149. The predicted octanol–water partition coefficient (Wildman–Crippen LogP) is 1.36. The second-order valence-electron chi connectivity index (χ2n) is 4.92. The van der Waals surface area contributed by atoms with E-state index in [2.05, 4.69) is 34.3 Å². The zero-order valence-corrected chi connectivity index (χ0v) is 9.73. The zero-order valence-electron chi connectivity index (χ0n) is 9.73. The first-order valence-corrected chi connectivity index (χ1v) is 5.81. The molecule has 1 aliphatic rings. The Hall–Kier alpha value is -1.39. The molecule has 0 bridgehead atoms. The summed E-state index contributed by atoms with van der Waals surface area (Å²) in [5, 5.41) is 9.25. The quantitative estimate of drug-likeness (QED) is 0.793. The van der Waals surface area contributed by atoms with Crippen molar-refractivity contribution >= 4 is 5.91 Å². The maximum absolute atomic E-state index is 11.7. The summed E-state index contributed by atoms with van der Waals surface area (Å²) in [6.45, 7) is 4.48. The number of carbonyl (C=O) groups excluding carboxylic acids is 1. The lowest BCUT2D eigenvalue weighted by molar-refractivity contribution is 0.0901. The summed E-state index contributed by atoms with van der Waals surface area (Å²) < 4.78 is 0. The predicted molar refractivity (Wildman–Crippen MR) is 59.8 cm³/mol. The summed E-state index contributed by atoms with van der Waals surface area (Å²) in [6, 6.07) is 0.274. The fourth-order valence-corrected chi connectivity index (χ4v) is 2.63. The fraction of sp³-hybridized carbons (Fsp3) is 0.727. The maximum atomic E-state index is 11.7. The highest BCUT2D eigenvalue weighted by atomic mass is 16.2. The highest BCUT2D eigenvalue weighted by Gasteiger charge is 2.25. The van der Waals surface area contributed by atoms with Gasteiger partial charge in [-0.2, -0.15) is 5.10 Å². The number of hydrogen-bond acceptors (Lipinski definition) is 3. The molecule has 0 aromatic carbocycles. The molecule has 0 radical (unpaired) electrons. The van der Waals surface area contributed by atoms with E-state index in [0.29, 0.717) is 17.7 Å². The third-order valence-corrected chi connectivity index (χ3v) is 3.14. The first-order chi connectivity index (χ1) is 7.65. The van der Waals surface area contributed by atoms with E-state index in [-0.39, 0.29) is 11.9 Å². The van der Waals surface area contributed by atoms with Gasteiger partial charge < -0.3 is 5.32 Å². The van der Waals surface area contributed by atoms with Crippen LogP contribution in [0.25, 0.3) is 0 Å². The summed E-state index contributed by atoms with van der Waals surface area (Å²) in [4.78, 5) is 15.6. The first-order valence-electron chi connectivity index (χ1n) is 5.81. The standard InChI is InChI=1S/C11H18N4O/c1-7-3-8(2)5-9(4-7)14-11(16)10-12-6-13-15-10/h6-9H,3-5H2,1-2H3,(H,14,16)(H,12,13,15). The van der Waals surface area contributed by atoms with Crippen molar-refractivity contribution in [3.8, 4) is 0 Å². The van der Waals surface area contributed by atoms with Crippen molar-refractivity contribution < 1.29 is 4.79 Å². The average Bonchev–Trinajstić information content (AvgIpc) is 2.68. The van der Waals surface area contributed by atoms with E-state index in [4.69, 9.17) is 0 Å². The number of amides is 1. The maximum Gasteiger partial charge on any atom is 0.288 e. The van der Waals surface area contributed by atoms with E-state index >= 15 is 0 Å². The van der Waals surface area contributed by atoms with Gasteiger partial charge >= 0.3 is 0 Å². The molecule has 2 atom stereocenters. The Kier molecular flexibility index (Phi) is 3.22. The second kappa shape index (κ2) is 4.63. The molecule has 2 rings (SSSR count). The molecule has 5 heteroatoms. The van der Waals surface area contributed by atoms with Crippen molar-refractivity contribution in [3.05, 3.63) is 12.2 Å². The van der Waals surface area contributed by atoms with Crippen molar-refractivity contribution in [1.29, 1.82) is 0 Å². The Bertz CT molecular complexity index is 339.